The molecule has 9 N–H and O–H groups in total. The summed E-state index contributed by atoms with van der Waals surface area (Å²) < 4.78 is 0. The van der Waals surface area contributed by atoms with Gasteiger partial charge in [-0.15, -0.1) is 0 Å². The number of carboxylic acid groups (broad SMARTS) is 3. The first-order valence-corrected chi connectivity index (χ1v) is 12.5. The van der Waals surface area contributed by atoms with Crippen LogP contribution in [0.25, 0.3) is 0 Å². The highest BCUT2D eigenvalue weighted by Crippen LogP contribution is 2.12. The topological polar surface area (TPSA) is 245 Å². The molecule has 0 aliphatic carbocycles. The lowest BCUT2D eigenvalue weighted by Gasteiger charge is -2.25. The van der Waals surface area contributed by atoms with Crippen LogP contribution in [0.15, 0.2) is 54.6 Å². The molecular weight excluding hydrogens is 540 g/mol. The summed E-state index contributed by atoms with van der Waals surface area (Å²) >= 11 is 0. The fraction of sp³-hybridized carbons (Fsp3) is 0.333. The molecule has 0 bridgehead atoms. The van der Waals surface area contributed by atoms with Crippen LogP contribution >= 0.6 is 0 Å². The van der Waals surface area contributed by atoms with Crippen LogP contribution in [0.4, 0.5) is 0 Å². The molecule has 4 atom stereocenters. The first-order valence-electron chi connectivity index (χ1n) is 12.5. The number of carboxylic acids is 3. The summed E-state index contributed by atoms with van der Waals surface area (Å²) in [5.41, 5.74) is 7.16. The molecule has 0 fully saturated rings. The lowest BCUT2D eigenvalue weighted by molar-refractivity contribution is -0.147. The van der Waals surface area contributed by atoms with Gasteiger partial charge in [-0.2, -0.15) is 0 Å². The molecule has 2 rings (SSSR count). The van der Waals surface area contributed by atoms with Gasteiger partial charge in [0.05, 0.1) is 12.5 Å². The Morgan fingerprint density at radius 3 is 1.76 bits per heavy atom. The van der Waals surface area contributed by atoms with E-state index in [9.17, 15) is 39.0 Å². The van der Waals surface area contributed by atoms with Gasteiger partial charge in [0.2, 0.25) is 17.7 Å². The number of aliphatic carboxylic acids is 3. The maximum Gasteiger partial charge on any atom is 0.326 e. The minimum absolute atomic E-state index is 0.0175. The van der Waals surface area contributed by atoms with Gasteiger partial charge in [-0.1, -0.05) is 42.5 Å². The van der Waals surface area contributed by atoms with E-state index in [0.717, 1.165) is 0 Å². The molecule has 0 saturated heterocycles. The average Bonchev–Trinajstić information content (AvgIpc) is 2.91. The van der Waals surface area contributed by atoms with Crippen LogP contribution in [0.2, 0.25) is 0 Å². The number of phenols is 1. The van der Waals surface area contributed by atoms with Gasteiger partial charge in [-0.25, -0.2) is 4.79 Å². The molecule has 14 heteroatoms. The second kappa shape index (κ2) is 15.6. The summed E-state index contributed by atoms with van der Waals surface area (Å²) in [6.07, 6.45) is -1.87. The minimum Gasteiger partial charge on any atom is -0.508 e. The first kappa shape index (κ1) is 32.2. The van der Waals surface area contributed by atoms with Gasteiger partial charge in [0.25, 0.3) is 0 Å². The molecule has 4 unspecified atom stereocenters. The van der Waals surface area contributed by atoms with Gasteiger partial charge in [0.1, 0.15) is 23.9 Å². The number of hydrogen-bond acceptors (Lipinski definition) is 8. The van der Waals surface area contributed by atoms with Crippen LogP contribution in [0.3, 0.4) is 0 Å². The third kappa shape index (κ3) is 11.3. The molecule has 0 spiro atoms. The van der Waals surface area contributed by atoms with E-state index in [-0.39, 0.29) is 25.0 Å². The highest BCUT2D eigenvalue weighted by molar-refractivity contribution is 5.95. The van der Waals surface area contributed by atoms with Gasteiger partial charge in [-0.3, -0.25) is 24.0 Å². The maximum absolute atomic E-state index is 13.2. The zero-order valence-electron chi connectivity index (χ0n) is 21.9. The number of benzene rings is 2. The van der Waals surface area contributed by atoms with Crippen molar-refractivity contribution in [1.29, 1.82) is 0 Å². The average molecular weight is 573 g/mol. The van der Waals surface area contributed by atoms with Crippen LogP contribution in [0, 0.1) is 0 Å². The highest BCUT2D eigenvalue weighted by Gasteiger charge is 2.31. The normalized spacial score (nSPS) is 13.6. The number of amides is 3. The van der Waals surface area contributed by atoms with E-state index in [2.05, 4.69) is 16.0 Å². The van der Waals surface area contributed by atoms with Crippen molar-refractivity contribution in [3.63, 3.8) is 0 Å². The fourth-order valence-electron chi connectivity index (χ4n) is 3.77. The van der Waals surface area contributed by atoms with Gasteiger partial charge in [0, 0.05) is 12.8 Å². The lowest BCUT2D eigenvalue weighted by atomic mass is 10.0. The third-order valence-electron chi connectivity index (χ3n) is 5.92. The summed E-state index contributed by atoms with van der Waals surface area (Å²) in [7, 11) is 0. The smallest absolute Gasteiger partial charge is 0.326 e. The Labute approximate surface area is 234 Å². The lowest BCUT2D eigenvalue weighted by Crippen LogP contribution is -2.58. The second-order valence-electron chi connectivity index (χ2n) is 9.22. The van der Waals surface area contributed by atoms with E-state index < -0.39 is 72.6 Å². The number of nitrogens with two attached hydrogens (primary N) is 1. The number of nitrogens with one attached hydrogen (secondary N) is 3. The molecular formula is C27H32N4O10. The minimum atomic E-state index is -1.78. The molecule has 0 aliphatic heterocycles. The molecule has 3 amide bonds. The van der Waals surface area contributed by atoms with Crippen LogP contribution in [-0.4, -0.2) is 80.2 Å². The molecule has 220 valence electrons. The van der Waals surface area contributed by atoms with Gasteiger partial charge >= 0.3 is 17.9 Å². The Bertz CT molecular complexity index is 1240. The number of hydrogen-bond donors (Lipinski definition) is 8. The van der Waals surface area contributed by atoms with E-state index >= 15 is 0 Å². The highest BCUT2D eigenvalue weighted by atomic mass is 16.4. The SMILES string of the molecule is NC(Cc1ccc(O)cc1)C(=O)NC(CCC(=O)O)C(=O)NC(Cc1ccccc1)C(=O)NC(CC(=O)O)C(=O)O. The van der Waals surface area contributed by atoms with Gasteiger partial charge in [0.15, 0.2) is 0 Å². The van der Waals surface area contributed by atoms with E-state index in [4.69, 9.17) is 15.9 Å². The molecule has 2 aromatic carbocycles. The van der Waals surface area contributed by atoms with E-state index in [1.807, 2.05) is 0 Å². The molecule has 41 heavy (non-hydrogen) atoms. The Morgan fingerprint density at radius 1 is 0.659 bits per heavy atom. The van der Waals surface area contributed by atoms with Crippen molar-refractivity contribution in [2.45, 2.75) is 56.3 Å². The maximum atomic E-state index is 13.2. The Hall–Kier alpha value is -4.98. The van der Waals surface area contributed by atoms with Crippen molar-refractivity contribution >= 4 is 35.6 Å². The van der Waals surface area contributed by atoms with Crippen molar-refractivity contribution < 1.29 is 49.2 Å². The van der Waals surface area contributed by atoms with Crippen molar-refractivity contribution in [1.82, 2.24) is 16.0 Å². The molecule has 0 aliphatic rings. The van der Waals surface area contributed by atoms with E-state index in [0.29, 0.717) is 11.1 Å². The summed E-state index contributed by atoms with van der Waals surface area (Å²) in [5.74, 6) is -7.01. The molecule has 14 nitrogen and oxygen atoms in total. The van der Waals surface area contributed by atoms with Crippen LogP contribution < -0.4 is 21.7 Å². The van der Waals surface area contributed by atoms with Crippen LogP contribution in [0.1, 0.15) is 30.4 Å². The van der Waals surface area contributed by atoms with E-state index in [1.165, 1.54) is 12.1 Å². The van der Waals surface area contributed by atoms with Gasteiger partial charge in [-0.05, 0) is 36.1 Å². The number of carbonyl (C=O) groups excluding carboxylic acids is 3. The van der Waals surface area contributed by atoms with Crippen molar-refractivity contribution in [3.8, 4) is 5.75 Å². The van der Waals surface area contributed by atoms with Crippen molar-refractivity contribution in [3.05, 3.63) is 65.7 Å². The largest absolute Gasteiger partial charge is 0.508 e. The quantitative estimate of drug-likeness (QED) is 0.126. The van der Waals surface area contributed by atoms with E-state index in [1.54, 1.807) is 42.5 Å². The summed E-state index contributed by atoms with van der Waals surface area (Å²) in [6, 6.07) is 8.50. The number of phenolic OH excluding ortho intramolecular Hbond substituents is 1. The molecule has 0 saturated carbocycles. The standard InChI is InChI=1S/C27H32N4O10/c28-18(12-16-6-8-17(32)9-7-16)24(37)29-19(10-11-22(33)34)25(38)30-20(13-15-4-2-1-3-5-15)26(39)31-21(27(40)41)14-23(35)36/h1-9,18-21,32H,10-14,28H2,(H,29,37)(H,30,38)(H,31,39)(H,33,34)(H,35,36)(H,40,41). The summed E-state index contributed by atoms with van der Waals surface area (Å²) in [5, 5.41) is 43.8. The van der Waals surface area contributed by atoms with Crippen LogP contribution in [-0.2, 0) is 41.6 Å². The third-order valence-corrected chi connectivity index (χ3v) is 5.92. The molecule has 0 heterocycles. The summed E-state index contributed by atoms with van der Waals surface area (Å²) in [6.45, 7) is 0. The van der Waals surface area contributed by atoms with Crippen molar-refractivity contribution in [2.75, 3.05) is 0 Å². The fourth-order valence-corrected chi connectivity index (χ4v) is 3.77. The zero-order chi connectivity index (χ0) is 30.5. The monoisotopic (exact) mass is 572 g/mol. The predicted molar refractivity (Wildman–Crippen MR) is 142 cm³/mol. The van der Waals surface area contributed by atoms with Gasteiger partial charge < -0.3 is 42.1 Å². The molecule has 0 aromatic heterocycles. The number of carbonyl (C=O) groups is 6. The van der Waals surface area contributed by atoms with Crippen LogP contribution in [0.5, 0.6) is 5.75 Å². The Balaban J connectivity index is 2.22. The van der Waals surface area contributed by atoms with Crippen molar-refractivity contribution in [2.24, 2.45) is 5.73 Å². The molecule has 0 radical (unpaired) electrons. The first-order chi connectivity index (χ1) is 19.3. The second-order valence-corrected chi connectivity index (χ2v) is 9.22. The predicted octanol–water partition coefficient (Wildman–Crippen LogP) is -0.617. The Morgan fingerprint density at radius 2 is 1.20 bits per heavy atom. The Kier molecular flexibility index (Phi) is 12.2. The number of rotatable bonds is 16. The number of aromatic hydroxyl groups is 1. The summed E-state index contributed by atoms with van der Waals surface area (Å²) in [4.78, 5) is 72.8. The zero-order valence-corrected chi connectivity index (χ0v) is 21.9. The molecule has 2 aromatic rings.